The van der Waals surface area contributed by atoms with Gasteiger partial charge in [0.05, 0.1) is 6.04 Å². The molecule has 0 aromatic heterocycles. The molecule has 2 rings (SSSR count). The fraction of sp³-hybridized carbons (Fsp3) is 0.923. The Kier molecular flexibility index (Phi) is 3.85. The minimum atomic E-state index is 0.0925. The highest BCUT2D eigenvalue weighted by Crippen LogP contribution is 2.30. The number of carbonyl (C=O) groups is 1. The van der Waals surface area contributed by atoms with Crippen LogP contribution in [0.4, 0.5) is 0 Å². The van der Waals surface area contributed by atoms with Crippen LogP contribution in [-0.4, -0.2) is 36.0 Å². The molecular formula is C13H24N2O. The van der Waals surface area contributed by atoms with Crippen molar-refractivity contribution in [2.24, 2.45) is 5.92 Å². The SMILES string of the molecule is CC(C)N(CC1CC1)C(=O)[C@H]1CCCCN1. The van der Waals surface area contributed by atoms with Crippen molar-refractivity contribution < 1.29 is 4.79 Å². The summed E-state index contributed by atoms with van der Waals surface area (Å²) in [4.78, 5) is 14.5. The van der Waals surface area contributed by atoms with Crippen LogP contribution in [0.25, 0.3) is 0 Å². The fourth-order valence-electron chi connectivity index (χ4n) is 2.40. The first kappa shape index (κ1) is 11.9. The van der Waals surface area contributed by atoms with Gasteiger partial charge in [0.25, 0.3) is 0 Å². The maximum absolute atomic E-state index is 12.4. The molecule has 0 unspecified atom stereocenters. The van der Waals surface area contributed by atoms with Crippen LogP contribution in [0.1, 0.15) is 46.0 Å². The third kappa shape index (κ3) is 2.97. The lowest BCUT2D eigenvalue weighted by Gasteiger charge is -2.32. The number of hydrogen-bond acceptors (Lipinski definition) is 2. The minimum absolute atomic E-state index is 0.0925. The van der Waals surface area contributed by atoms with Gasteiger partial charge >= 0.3 is 0 Å². The Balaban J connectivity index is 1.91. The number of nitrogens with zero attached hydrogens (tertiary/aromatic N) is 1. The molecule has 0 spiro atoms. The molecule has 0 bridgehead atoms. The van der Waals surface area contributed by atoms with Crippen LogP contribution in [-0.2, 0) is 4.79 Å². The summed E-state index contributed by atoms with van der Waals surface area (Å²) >= 11 is 0. The average molecular weight is 224 g/mol. The Morgan fingerprint density at radius 2 is 2.06 bits per heavy atom. The second kappa shape index (κ2) is 5.17. The molecule has 1 saturated heterocycles. The summed E-state index contributed by atoms with van der Waals surface area (Å²) < 4.78 is 0. The van der Waals surface area contributed by atoms with Gasteiger partial charge in [-0.2, -0.15) is 0 Å². The highest BCUT2D eigenvalue weighted by molar-refractivity contribution is 5.82. The Morgan fingerprint density at radius 3 is 2.56 bits per heavy atom. The number of carbonyl (C=O) groups excluding carboxylic acids is 1. The lowest BCUT2D eigenvalue weighted by atomic mass is 10.0. The van der Waals surface area contributed by atoms with Crippen LogP contribution in [0.2, 0.25) is 0 Å². The molecule has 0 aromatic rings. The van der Waals surface area contributed by atoms with Crippen LogP contribution in [0, 0.1) is 5.92 Å². The van der Waals surface area contributed by atoms with E-state index in [2.05, 4.69) is 24.1 Å². The zero-order chi connectivity index (χ0) is 11.5. The smallest absolute Gasteiger partial charge is 0.239 e. The van der Waals surface area contributed by atoms with Crippen molar-refractivity contribution >= 4 is 5.91 Å². The third-order valence-electron chi connectivity index (χ3n) is 3.67. The molecule has 92 valence electrons. The fourth-order valence-corrected chi connectivity index (χ4v) is 2.40. The van der Waals surface area contributed by atoms with E-state index in [0.717, 1.165) is 25.4 Å². The molecule has 3 nitrogen and oxygen atoms in total. The van der Waals surface area contributed by atoms with E-state index < -0.39 is 0 Å². The van der Waals surface area contributed by atoms with Crippen LogP contribution >= 0.6 is 0 Å². The minimum Gasteiger partial charge on any atom is -0.339 e. The van der Waals surface area contributed by atoms with Crippen molar-refractivity contribution in [2.75, 3.05) is 13.1 Å². The Morgan fingerprint density at radius 1 is 1.31 bits per heavy atom. The van der Waals surface area contributed by atoms with Crippen molar-refractivity contribution in [1.82, 2.24) is 10.2 Å². The predicted octanol–water partition coefficient (Wildman–Crippen LogP) is 1.78. The van der Waals surface area contributed by atoms with Crippen LogP contribution in [0.3, 0.4) is 0 Å². The molecule has 2 aliphatic rings. The van der Waals surface area contributed by atoms with E-state index in [0.29, 0.717) is 11.9 Å². The van der Waals surface area contributed by atoms with Crippen LogP contribution < -0.4 is 5.32 Å². The topological polar surface area (TPSA) is 32.3 Å². The van der Waals surface area contributed by atoms with Gasteiger partial charge in [-0.3, -0.25) is 4.79 Å². The Hall–Kier alpha value is -0.570. The highest BCUT2D eigenvalue weighted by Gasteiger charge is 2.31. The van der Waals surface area contributed by atoms with E-state index in [9.17, 15) is 4.79 Å². The maximum atomic E-state index is 12.4. The Bertz CT molecular complexity index is 242. The van der Waals surface area contributed by atoms with Crippen molar-refractivity contribution in [1.29, 1.82) is 0 Å². The van der Waals surface area contributed by atoms with E-state index >= 15 is 0 Å². The van der Waals surface area contributed by atoms with Crippen LogP contribution in [0.5, 0.6) is 0 Å². The van der Waals surface area contributed by atoms with E-state index in [4.69, 9.17) is 0 Å². The average Bonchev–Trinajstić information content (AvgIpc) is 3.09. The molecule has 16 heavy (non-hydrogen) atoms. The molecule has 1 aliphatic carbocycles. The summed E-state index contributed by atoms with van der Waals surface area (Å²) in [5.41, 5.74) is 0. The van der Waals surface area contributed by atoms with Crippen molar-refractivity contribution in [3.05, 3.63) is 0 Å². The molecule has 0 radical (unpaired) electrons. The zero-order valence-electron chi connectivity index (χ0n) is 10.5. The lowest BCUT2D eigenvalue weighted by molar-refractivity contribution is -0.136. The van der Waals surface area contributed by atoms with Crippen molar-refractivity contribution in [2.45, 2.75) is 58.0 Å². The summed E-state index contributed by atoms with van der Waals surface area (Å²) in [6.45, 7) is 6.24. The predicted molar refractivity (Wildman–Crippen MR) is 65.2 cm³/mol. The number of piperidine rings is 1. The van der Waals surface area contributed by atoms with Gasteiger partial charge in [0.1, 0.15) is 0 Å². The van der Waals surface area contributed by atoms with Gasteiger partial charge in [0.15, 0.2) is 0 Å². The summed E-state index contributed by atoms with van der Waals surface area (Å²) in [6, 6.07) is 0.437. The van der Waals surface area contributed by atoms with E-state index in [1.54, 1.807) is 0 Å². The molecular weight excluding hydrogens is 200 g/mol. The largest absolute Gasteiger partial charge is 0.339 e. The summed E-state index contributed by atoms with van der Waals surface area (Å²) in [5.74, 6) is 1.12. The summed E-state index contributed by atoms with van der Waals surface area (Å²) in [5, 5.41) is 3.36. The standard InChI is InChI=1S/C13H24N2O/c1-10(2)15(9-11-6-7-11)13(16)12-5-3-4-8-14-12/h10-12,14H,3-9H2,1-2H3/t12-/m1/s1. The normalized spacial score (nSPS) is 25.8. The van der Waals surface area contributed by atoms with E-state index in [1.807, 2.05) is 0 Å². The first-order valence-corrected chi connectivity index (χ1v) is 6.72. The van der Waals surface area contributed by atoms with Gasteiger partial charge in [-0.05, 0) is 52.0 Å². The van der Waals surface area contributed by atoms with E-state index in [-0.39, 0.29) is 6.04 Å². The molecule has 1 N–H and O–H groups in total. The van der Waals surface area contributed by atoms with Gasteiger partial charge in [-0.1, -0.05) is 6.42 Å². The molecule has 0 aromatic carbocycles. The highest BCUT2D eigenvalue weighted by atomic mass is 16.2. The maximum Gasteiger partial charge on any atom is 0.239 e. The van der Waals surface area contributed by atoms with Gasteiger partial charge in [0.2, 0.25) is 5.91 Å². The third-order valence-corrected chi connectivity index (χ3v) is 3.67. The zero-order valence-corrected chi connectivity index (χ0v) is 10.5. The van der Waals surface area contributed by atoms with Gasteiger partial charge in [-0.25, -0.2) is 0 Å². The van der Waals surface area contributed by atoms with Crippen molar-refractivity contribution in [3.63, 3.8) is 0 Å². The first-order valence-electron chi connectivity index (χ1n) is 6.72. The molecule has 1 heterocycles. The first-order chi connectivity index (χ1) is 7.68. The summed E-state index contributed by atoms with van der Waals surface area (Å²) in [7, 11) is 0. The van der Waals surface area contributed by atoms with E-state index in [1.165, 1.54) is 25.7 Å². The second-order valence-corrected chi connectivity index (χ2v) is 5.53. The lowest BCUT2D eigenvalue weighted by Crippen LogP contribution is -2.51. The number of nitrogens with one attached hydrogen (secondary N) is 1. The molecule has 2 fully saturated rings. The number of rotatable bonds is 4. The van der Waals surface area contributed by atoms with Gasteiger partial charge in [-0.15, -0.1) is 0 Å². The molecule has 1 amide bonds. The number of amides is 1. The molecule has 1 aliphatic heterocycles. The second-order valence-electron chi connectivity index (χ2n) is 5.53. The molecule has 1 atom stereocenters. The Labute approximate surface area is 98.6 Å². The molecule has 1 saturated carbocycles. The number of hydrogen-bond donors (Lipinski definition) is 1. The summed E-state index contributed by atoms with van der Waals surface area (Å²) in [6.07, 6.45) is 6.06. The van der Waals surface area contributed by atoms with Gasteiger partial charge < -0.3 is 10.2 Å². The van der Waals surface area contributed by atoms with Crippen LogP contribution in [0.15, 0.2) is 0 Å². The van der Waals surface area contributed by atoms with Crippen molar-refractivity contribution in [3.8, 4) is 0 Å². The molecule has 3 heteroatoms. The monoisotopic (exact) mass is 224 g/mol. The van der Waals surface area contributed by atoms with Gasteiger partial charge in [0, 0.05) is 12.6 Å². The quantitative estimate of drug-likeness (QED) is 0.789.